The Bertz CT molecular complexity index is 2610. The monoisotopic (exact) mass is 659 g/mol. The van der Waals surface area contributed by atoms with E-state index in [2.05, 4.69) is 34.9 Å². The van der Waals surface area contributed by atoms with Gasteiger partial charge in [-0.05, 0) is 54.6 Å². The largest absolute Gasteiger partial charge is 0.339 e. The van der Waals surface area contributed by atoms with Crippen molar-refractivity contribution in [3.8, 4) is 0 Å². The molecule has 0 fully saturated rings. The molecule has 1 aliphatic rings. The van der Waals surface area contributed by atoms with Crippen molar-refractivity contribution >= 4 is 66.6 Å². The Morgan fingerprint density at radius 1 is 0.333 bits per heavy atom. The quantitative estimate of drug-likeness (QED) is 0.130. The average Bonchev–Trinajstić information content (AvgIpc) is 3.74. The molecule has 236 valence electrons. The van der Waals surface area contributed by atoms with Gasteiger partial charge in [0.25, 0.3) is 0 Å². The predicted octanol–water partition coefficient (Wildman–Crippen LogP) is 6.72. The molecular formula is C33H13F8N7. The van der Waals surface area contributed by atoms with Gasteiger partial charge in [0.2, 0.25) is 0 Å². The van der Waals surface area contributed by atoms with Crippen LogP contribution in [0.4, 0.5) is 52.6 Å². The van der Waals surface area contributed by atoms with Crippen molar-refractivity contribution < 1.29 is 35.1 Å². The normalized spacial score (nSPS) is 12.8. The zero-order chi connectivity index (χ0) is 33.2. The molecule has 0 radical (unpaired) electrons. The van der Waals surface area contributed by atoms with Crippen LogP contribution >= 0.6 is 0 Å². The molecule has 48 heavy (non-hydrogen) atoms. The van der Waals surface area contributed by atoms with E-state index in [1.54, 1.807) is 0 Å². The zero-order valence-corrected chi connectivity index (χ0v) is 23.6. The molecule has 0 unspecified atom stereocenters. The van der Waals surface area contributed by atoms with E-state index >= 15 is 0 Å². The molecule has 8 bridgehead atoms. The highest BCUT2D eigenvalue weighted by Crippen LogP contribution is 2.36. The fraction of sp³-hybridized carbons (Fsp3) is 0. The molecule has 0 aliphatic carbocycles. The van der Waals surface area contributed by atoms with Crippen LogP contribution in [0.15, 0.2) is 63.5 Å². The molecule has 0 saturated heterocycles. The van der Waals surface area contributed by atoms with Crippen LogP contribution in [0.5, 0.6) is 0 Å². The van der Waals surface area contributed by atoms with Crippen molar-refractivity contribution in [2.75, 3.05) is 0 Å². The zero-order valence-electron chi connectivity index (χ0n) is 23.6. The second-order valence-electron chi connectivity index (χ2n) is 11.1. The minimum absolute atomic E-state index is 0.0372. The molecule has 1 aliphatic heterocycles. The lowest BCUT2D eigenvalue weighted by Gasteiger charge is -1.96. The number of H-pyrrole nitrogens is 4. The first-order valence-corrected chi connectivity index (χ1v) is 14.0. The first kappa shape index (κ1) is 28.0. The molecule has 0 amide bonds. The van der Waals surface area contributed by atoms with Crippen molar-refractivity contribution in [3.05, 3.63) is 123 Å². The van der Waals surface area contributed by atoms with Gasteiger partial charge in [-0.1, -0.05) is 0 Å². The Morgan fingerprint density at radius 3 is 1.15 bits per heavy atom. The van der Waals surface area contributed by atoms with Crippen LogP contribution in [0.25, 0.3) is 49.2 Å². The van der Waals surface area contributed by atoms with E-state index < -0.39 is 46.5 Å². The maximum atomic E-state index is 14.6. The fourth-order valence-electron chi connectivity index (χ4n) is 6.06. The average molecular weight is 660 g/mol. The third kappa shape index (κ3) is 4.03. The summed E-state index contributed by atoms with van der Waals surface area (Å²) in [6.45, 7) is 0. The molecule has 5 heterocycles. The number of fused-ring (bicyclic) bond motifs is 20. The van der Waals surface area contributed by atoms with Crippen LogP contribution in [0.2, 0.25) is 0 Å². The van der Waals surface area contributed by atoms with Gasteiger partial charge >= 0.3 is 0 Å². The second kappa shape index (κ2) is 9.63. The van der Waals surface area contributed by atoms with Gasteiger partial charge in [0.05, 0.1) is 0 Å². The highest BCUT2D eigenvalue weighted by molar-refractivity contribution is 6.01. The molecule has 0 spiro atoms. The maximum absolute atomic E-state index is 14.6. The van der Waals surface area contributed by atoms with Gasteiger partial charge in [-0.15, -0.1) is 0 Å². The van der Waals surface area contributed by atoms with Crippen LogP contribution in [-0.2, 0) is 0 Å². The Hall–Kier alpha value is -6.25. The molecular weight excluding hydrogens is 646 g/mol. The van der Waals surface area contributed by atoms with Crippen molar-refractivity contribution in [2.45, 2.75) is 0 Å². The third-order valence-electron chi connectivity index (χ3n) is 8.29. The van der Waals surface area contributed by atoms with Gasteiger partial charge in [-0.2, -0.15) is 0 Å². The summed E-state index contributed by atoms with van der Waals surface area (Å²) in [5.41, 5.74) is -0.0429. The molecule has 15 heteroatoms. The summed E-state index contributed by atoms with van der Waals surface area (Å²) in [7, 11) is 0. The van der Waals surface area contributed by atoms with Gasteiger partial charge in [-0.25, -0.2) is 50.1 Å². The lowest BCUT2D eigenvalue weighted by molar-refractivity contribution is 0.511. The minimum atomic E-state index is -1.21. The number of hydrogen-bond acceptors (Lipinski definition) is 3. The SMILES string of the molecule is Fc1cc2c3[nH]c(c2cc1F)N=c1[nH]c(c2cc(F)c(F)cc12)=Nc1[nH]c(c2cc(F)c(F)cc12)N=c1[nH]c(c2cc(F)c(F)cc12)=C3. The number of rotatable bonds is 0. The summed E-state index contributed by atoms with van der Waals surface area (Å²) < 4.78 is 116. The summed E-state index contributed by atoms with van der Waals surface area (Å²) in [6.07, 6.45) is 1.42. The molecule has 8 aromatic rings. The number of aromatic nitrogens is 4. The maximum Gasteiger partial charge on any atom is 0.159 e. The molecule has 0 atom stereocenters. The molecule has 7 nitrogen and oxygen atoms in total. The summed E-state index contributed by atoms with van der Waals surface area (Å²) in [4.78, 5) is 25.2. The molecule has 4 aromatic heterocycles. The van der Waals surface area contributed by atoms with Gasteiger partial charge in [0.1, 0.15) is 33.9 Å². The number of benzene rings is 4. The van der Waals surface area contributed by atoms with Crippen LogP contribution in [0, 0.1) is 46.5 Å². The number of halogens is 8. The summed E-state index contributed by atoms with van der Waals surface area (Å²) in [5, 5.41) is 0.761. The van der Waals surface area contributed by atoms with E-state index in [-0.39, 0.29) is 88.0 Å². The van der Waals surface area contributed by atoms with Crippen LogP contribution in [0.3, 0.4) is 0 Å². The Balaban J connectivity index is 1.52. The van der Waals surface area contributed by atoms with Crippen LogP contribution in [-0.4, -0.2) is 19.9 Å². The van der Waals surface area contributed by atoms with Crippen LogP contribution in [0.1, 0.15) is 5.69 Å². The number of nitrogens with zero attached hydrogens (tertiary/aromatic N) is 3. The van der Waals surface area contributed by atoms with Crippen molar-refractivity contribution in [1.29, 1.82) is 0 Å². The van der Waals surface area contributed by atoms with E-state index in [1.807, 2.05) is 0 Å². The molecule has 0 saturated carbocycles. The smallest absolute Gasteiger partial charge is 0.159 e. The molecule has 9 rings (SSSR count). The summed E-state index contributed by atoms with van der Waals surface area (Å²) in [6, 6.07) is 7.09. The van der Waals surface area contributed by atoms with Crippen molar-refractivity contribution in [1.82, 2.24) is 19.9 Å². The van der Waals surface area contributed by atoms with Crippen LogP contribution < -0.4 is 21.8 Å². The second-order valence-corrected chi connectivity index (χ2v) is 11.1. The number of nitrogens with one attached hydrogen (secondary N) is 4. The highest BCUT2D eigenvalue weighted by atomic mass is 19.2. The molecule has 4 aromatic carbocycles. The van der Waals surface area contributed by atoms with E-state index in [1.165, 1.54) is 6.08 Å². The van der Waals surface area contributed by atoms with Gasteiger partial charge < -0.3 is 19.9 Å². The Labute approximate surface area is 259 Å². The summed E-state index contributed by atoms with van der Waals surface area (Å²) >= 11 is 0. The Kier molecular flexibility index (Phi) is 5.62. The number of hydrogen-bond donors (Lipinski definition) is 4. The number of aromatic amines is 4. The van der Waals surface area contributed by atoms with Crippen molar-refractivity contribution in [3.63, 3.8) is 0 Å². The van der Waals surface area contributed by atoms with Crippen molar-refractivity contribution in [2.24, 2.45) is 15.0 Å². The first-order chi connectivity index (χ1) is 23.0. The summed E-state index contributed by atoms with van der Waals surface area (Å²) in [5.74, 6) is -9.81. The third-order valence-corrected chi connectivity index (χ3v) is 8.29. The fourth-order valence-corrected chi connectivity index (χ4v) is 6.06. The van der Waals surface area contributed by atoms with E-state index in [0.717, 1.165) is 48.5 Å². The predicted molar refractivity (Wildman–Crippen MR) is 158 cm³/mol. The lowest BCUT2D eigenvalue weighted by Crippen LogP contribution is -2.10. The molecule has 4 N–H and O–H groups in total. The minimum Gasteiger partial charge on any atom is -0.339 e. The van der Waals surface area contributed by atoms with Gasteiger partial charge in [-0.3, -0.25) is 0 Å². The Morgan fingerprint density at radius 2 is 0.667 bits per heavy atom. The van der Waals surface area contributed by atoms with E-state index in [9.17, 15) is 35.1 Å². The topological polar surface area (TPSA) is 100 Å². The van der Waals surface area contributed by atoms with Gasteiger partial charge in [0, 0.05) is 54.1 Å². The van der Waals surface area contributed by atoms with E-state index in [4.69, 9.17) is 0 Å². The van der Waals surface area contributed by atoms with Gasteiger partial charge in [0.15, 0.2) is 46.5 Å². The highest BCUT2D eigenvalue weighted by Gasteiger charge is 2.19. The van der Waals surface area contributed by atoms with E-state index in [0.29, 0.717) is 0 Å². The lowest BCUT2D eigenvalue weighted by atomic mass is 10.1. The first-order valence-electron chi connectivity index (χ1n) is 14.0. The standard InChI is InChI=1S/C33H13F8N7/c34-18-1-10-12(3-20(18)36)28-42-26(10)9-27-11-2-19(35)21(37)4-13(11)29(43-27)45-31-15-6-23(39)25(41)8-17(15)33(47-31)48-32-16-7-24(40)22(38)5-14(16)30(44-28)46-32/h1-9H,(H4,42,43,44,45,46,47,48).